The summed E-state index contributed by atoms with van der Waals surface area (Å²) in [5, 5.41) is 3.87. The number of hydrogen-bond acceptors (Lipinski definition) is 3. The van der Waals surface area contributed by atoms with Crippen molar-refractivity contribution in [3.8, 4) is 0 Å². The Morgan fingerprint density at radius 2 is 2.00 bits per heavy atom. The summed E-state index contributed by atoms with van der Waals surface area (Å²) in [6.07, 6.45) is 8.01. The number of carbonyl (C=O) groups excluding carboxylic acids is 1. The molecule has 2 aliphatic carbocycles. The van der Waals surface area contributed by atoms with Gasteiger partial charge in [-0.3, -0.25) is 4.79 Å². The fourth-order valence-electron chi connectivity index (χ4n) is 4.62. The number of amides is 1. The molecule has 5 heteroatoms. The molecule has 2 bridgehead atoms. The van der Waals surface area contributed by atoms with Gasteiger partial charge >= 0.3 is 0 Å². The van der Waals surface area contributed by atoms with E-state index >= 15 is 0 Å². The van der Waals surface area contributed by atoms with Gasteiger partial charge in [0.1, 0.15) is 0 Å². The van der Waals surface area contributed by atoms with Crippen LogP contribution in [0.1, 0.15) is 51.9 Å². The number of nitrogens with zero attached hydrogens (tertiary/aromatic N) is 1. The van der Waals surface area contributed by atoms with Crippen molar-refractivity contribution in [2.75, 3.05) is 5.32 Å². The Balaban J connectivity index is 1.58. The van der Waals surface area contributed by atoms with Crippen LogP contribution in [0.15, 0.2) is 22.7 Å². The van der Waals surface area contributed by atoms with Crippen LogP contribution in [0.25, 0.3) is 10.2 Å². The van der Waals surface area contributed by atoms with Crippen molar-refractivity contribution in [2.45, 2.75) is 51.9 Å². The van der Waals surface area contributed by atoms with E-state index in [-0.39, 0.29) is 11.3 Å². The van der Waals surface area contributed by atoms with Crippen molar-refractivity contribution in [1.29, 1.82) is 0 Å². The highest BCUT2D eigenvalue weighted by Crippen LogP contribution is 2.55. The second kappa shape index (κ2) is 5.55. The molecule has 2 aromatic rings. The van der Waals surface area contributed by atoms with E-state index in [1.807, 2.05) is 18.2 Å². The van der Waals surface area contributed by atoms with Crippen LogP contribution in [-0.2, 0) is 4.79 Å². The lowest BCUT2D eigenvalue weighted by atomic mass is 9.55. The third kappa shape index (κ3) is 2.82. The number of nitrogens with one attached hydrogen (secondary N) is 1. The van der Waals surface area contributed by atoms with Gasteiger partial charge in [0.15, 0.2) is 5.13 Å². The van der Waals surface area contributed by atoms with Gasteiger partial charge in [-0.25, -0.2) is 4.98 Å². The third-order valence-corrected chi connectivity index (χ3v) is 7.13. The van der Waals surface area contributed by atoms with Crippen LogP contribution in [0.3, 0.4) is 0 Å². The second-order valence-corrected chi connectivity index (χ2v) is 9.51. The van der Waals surface area contributed by atoms with Crippen LogP contribution in [0.5, 0.6) is 0 Å². The van der Waals surface area contributed by atoms with E-state index in [0.717, 1.165) is 39.1 Å². The molecule has 122 valence electrons. The molecule has 23 heavy (non-hydrogen) atoms. The van der Waals surface area contributed by atoms with Crippen LogP contribution < -0.4 is 5.32 Å². The van der Waals surface area contributed by atoms with Gasteiger partial charge in [0.05, 0.1) is 15.6 Å². The van der Waals surface area contributed by atoms with E-state index in [1.54, 1.807) is 11.3 Å². The minimum atomic E-state index is -0.163. The number of rotatable bonds is 2. The van der Waals surface area contributed by atoms with Crippen LogP contribution in [-0.4, -0.2) is 10.9 Å². The molecule has 1 N–H and O–H groups in total. The normalized spacial score (nSPS) is 30.3. The zero-order valence-electron chi connectivity index (χ0n) is 13.3. The lowest BCUT2D eigenvalue weighted by Crippen LogP contribution is -2.46. The van der Waals surface area contributed by atoms with E-state index in [2.05, 4.69) is 33.2 Å². The average Bonchev–Trinajstić information content (AvgIpc) is 2.87. The first-order chi connectivity index (χ1) is 11.0. The zero-order chi connectivity index (χ0) is 16.1. The molecule has 1 heterocycles. The smallest absolute Gasteiger partial charge is 0.232 e. The van der Waals surface area contributed by atoms with Gasteiger partial charge in [-0.15, -0.1) is 0 Å². The lowest BCUT2D eigenvalue weighted by Gasteiger charge is -2.49. The van der Waals surface area contributed by atoms with Gasteiger partial charge < -0.3 is 5.32 Å². The molecule has 0 atom stereocenters. The summed E-state index contributed by atoms with van der Waals surface area (Å²) in [6, 6.07) is 6.06. The minimum absolute atomic E-state index is 0.163. The Bertz CT molecular complexity index is 759. The first kappa shape index (κ1) is 15.6. The average molecular weight is 393 g/mol. The Hall–Kier alpha value is -0.940. The highest BCUT2D eigenvalue weighted by atomic mass is 79.9. The third-order valence-electron chi connectivity index (χ3n) is 5.69. The summed E-state index contributed by atoms with van der Waals surface area (Å²) in [5.74, 6) is 0.196. The van der Waals surface area contributed by atoms with Gasteiger partial charge in [-0.05, 0) is 55.7 Å². The topological polar surface area (TPSA) is 42.0 Å². The molecule has 0 saturated heterocycles. The standard InChI is InChI=1S/C18H21BrN2OS/c1-17-6-2-8-18(11-17,9-3-7-17)15(22)21-16-20-13-10-12(19)4-5-14(13)23-16/h4-5,10H,2-3,6-9,11H2,1H3,(H,20,21,22). The van der Waals surface area contributed by atoms with Crippen molar-refractivity contribution < 1.29 is 4.79 Å². The lowest BCUT2D eigenvalue weighted by molar-refractivity contribution is -0.133. The molecule has 3 nitrogen and oxygen atoms in total. The first-order valence-corrected chi connectivity index (χ1v) is 9.97. The van der Waals surface area contributed by atoms with Crippen molar-refractivity contribution in [2.24, 2.45) is 10.8 Å². The van der Waals surface area contributed by atoms with Gasteiger partial charge in [0, 0.05) is 4.47 Å². The summed E-state index contributed by atoms with van der Waals surface area (Å²) in [7, 11) is 0. The monoisotopic (exact) mass is 392 g/mol. The Kier molecular flexibility index (Phi) is 3.76. The molecule has 0 unspecified atom stereocenters. The van der Waals surface area contributed by atoms with Gasteiger partial charge in [0.25, 0.3) is 0 Å². The molecule has 0 spiro atoms. The van der Waals surface area contributed by atoms with Crippen molar-refractivity contribution in [1.82, 2.24) is 4.98 Å². The largest absolute Gasteiger partial charge is 0.301 e. The molecule has 1 amide bonds. The van der Waals surface area contributed by atoms with Gasteiger partial charge in [-0.1, -0.05) is 47.0 Å². The fourth-order valence-corrected chi connectivity index (χ4v) is 5.81. The van der Waals surface area contributed by atoms with Crippen LogP contribution in [0, 0.1) is 10.8 Å². The number of halogens is 1. The molecule has 2 aliphatic rings. The number of anilines is 1. The highest BCUT2D eigenvalue weighted by Gasteiger charge is 2.49. The maximum atomic E-state index is 13.0. The second-order valence-electron chi connectivity index (χ2n) is 7.56. The van der Waals surface area contributed by atoms with Crippen LogP contribution in [0.2, 0.25) is 0 Å². The number of carbonyl (C=O) groups is 1. The zero-order valence-corrected chi connectivity index (χ0v) is 15.7. The summed E-state index contributed by atoms with van der Waals surface area (Å²) in [5.41, 5.74) is 1.14. The van der Waals surface area contributed by atoms with Crippen LogP contribution in [0.4, 0.5) is 5.13 Å². The van der Waals surface area contributed by atoms with E-state index in [4.69, 9.17) is 0 Å². The molecular weight excluding hydrogens is 372 g/mol. The Morgan fingerprint density at radius 3 is 2.74 bits per heavy atom. The summed E-state index contributed by atoms with van der Waals surface area (Å²) in [4.78, 5) is 17.6. The Labute approximate surface area is 149 Å². The SMILES string of the molecule is CC12CCCC(C(=O)Nc3nc4cc(Br)ccc4s3)(CCC1)C2. The predicted molar refractivity (Wildman–Crippen MR) is 98.8 cm³/mol. The van der Waals surface area contributed by atoms with Gasteiger partial charge in [-0.2, -0.15) is 0 Å². The number of aromatic nitrogens is 1. The van der Waals surface area contributed by atoms with E-state index in [0.29, 0.717) is 5.41 Å². The van der Waals surface area contributed by atoms with Crippen molar-refractivity contribution in [3.05, 3.63) is 22.7 Å². The molecule has 4 rings (SSSR count). The molecule has 1 aromatic heterocycles. The first-order valence-electron chi connectivity index (χ1n) is 8.36. The summed E-state index contributed by atoms with van der Waals surface area (Å²) in [6.45, 7) is 2.36. The molecule has 0 aliphatic heterocycles. The Morgan fingerprint density at radius 1 is 1.26 bits per heavy atom. The molecular formula is C18H21BrN2OS. The molecule has 0 radical (unpaired) electrons. The molecule has 2 fully saturated rings. The minimum Gasteiger partial charge on any atom is -0.301 e. The number of hydrogen-bond donors (Lipinski definition) is 1. The van der Waals surface area contributed by atoms with E-state index in [9.17, 15) is 4.79 Å². The number of thiazole rings is 1. The quantitative estimate of drug-likeness (QED) is 0.706. The van der Waals surface area contributed by atoms with Crippen molar-refractivity contribution in [3.63, 3.8) is 0 Å². The molecule has 2 saturated carbocycles. The van der Waals surface area contributed by atoms with Crippen molar-refractivity contribution >= 4 is 48.5 Å². The fraction of sp³-hybridized carbons (Fsp3) is 0.556. The van der Waals surface area contributed by atoms with Gasteiger partial charge in [0.2, 0.25) is 5.91 Å². The predicted octanol–water partition coefficient (Wildman–Crippen LogP) is 5.75. The number of benzene rings is 1. The van der Waals surface area contributed by atoms with E-state index in [1.165, 1.54) is 25.7 Å². The highest BCUT2D eigenvalue weighted by molar-refractivity contribution is 9.10. The van der Waals surface area contributed by atoms with E-state index < -0.39 is 0 Å². The molecule has 1 aromatic carbocycles. The summed E-state index contributed by atoms with van der Waals surface area (Å²) >= 11 is 5.03. The maximum absolute atomic E-state index is 13.0. The van der Waals surface area contributed by atoms with Crippen LogP contribution >= 0.6 is 27.3 Å². The number of fused-ring (bicyclic) bond motifs is 3. The maximum Gasteiger partial charge on any atom is 0.232 e. The summed E-state index contributed by atoms with van der Waals surface area (Å²) < 4.78 is 2.13.